The minimum absolute atomic E-state index is 0.0495. The highest BCUT2D eigenvalue weighted by atomic mass is 19.1. The van der Waals surface area contributed by atoms with Crippen LogP contribution in [0.25, 0.3) is 38.8 Å². The van der Waals surface area contributed by atoms with Crippen LogP contribution in [-0.4, -0.2) is 42.3 Å². The van der Waals surface area contributed by atoms with Crippen molar-refractivity contribution >= 4 is 39.8 Å². The molecular weight excluding hydrogens is 520 g/mol. The molecule has 40 heavy (non-hydrogen) atoms. The van der Waals surface area contributed by atoms with Crippen LogP contribution in [0.4, 0.5) is 19.4 Å². The van der Waals surface area contributed by atoms with Crippen molar-refractivity contribution in [3.05, 3.63) is 77.9 Å². The molecule has 3 heterocycles. The van der Waals surface area contributed by atoms with Crippen LogP contribution >= 0.6 is 0 Å². The number of hydrogen-bond donors (Lipinski definition) is 2. The second-order valence-corrected chi connectivity index (χ2v) is 10.1. The number of hydrogen-bond acceptors (Lipinski definition) is 6. The van der Waals surface area contributed by atoms with E-state index in [0.29, 0.717) is 28.9 Å². The molecule has 0 saturated carbocycles. The smallest absolute Gasteiger partial charge is 0.413 e. The molecule has 11 heteroatoms. The minimum Gasteiger partial charge on any atom is -0.478 e. The molecule has 0 fully saturated rings. The Balaban J connectivity index is 1.73. The molecule has 0 bridgehead atoms. The number of benzene rings is 2. The van der Waals surface area contributed by atoms with Crippen molar-refractivity contribution in [1.82, 2.24) is 19.5 Å². The summed E-state index contributed by atoms with van der Waals surface area (Å²) in [5.74, 6) is -1.92. The number of ether oxygens (including phenoxy) is 1. The molecule has 0 spiro atoms. The molecule has 3 aromatic heterocycles. The van der Waals surface area contributed by atoms with Crippen LogP contribution in [0.5, 0.6) is 0 Å². The van der Waals surface area contributed by atoms with Gasteiger partial charge < -0.3 is 9.84 Å². The third-order valence-corrected chi connectivity index (χ3v) is 6.11. The maximum Gasteiger partial charge on any atom is 0.413 e. The van der Waals surface area contributed by atoms with Gasteiger partial charge in [-0.1, -0.05) is 6.92 Å². The van der Waals surface area contributed by atoms with Crippen LogP contribution in [0.1, 0.15) is 43.9 Å². The molecule has 1 amide bonds. The van der Waals surface area contributed by atoms with Gasteiger partial charge in [-0.25, -0.2) is 28.3 Å². The van der Waals surface area contributed by atoms with E-state index >= 15 is 4.39 Å². The lowest BCUT2D eigenvalue weighted by Gasteiger charge is -2.19. The van der Waals surface area contributed by atoms with Crippen molar-refractivity contribution < 1.29 is 28.2 Å². The van der Waals surface area contributed by atoms with E-state index in [1.807, 2.05) is 6.92 Å². The van der Waals surface area contributed by atoms with E-state index in [2.05, 4.69) is 20.3 Å². The lowest BCUT2D eigenvalue weighted by Crippen LogP contribution is -2.27. The van der Waals surface area contributed by atoms with Crippen molar-refractivity contribution in [2.75, 3.05) is 5.32 Å². The minimum atomic E-state index is -1.21. The van der Waals surface area contributed by atoms with Crippen LogP contribution in [0, 0.1) is 11.6 Å². The number of pyridine rings is 2. The average Bonchev–Trinajstić information content (AvgIpc) is 3.27. The fourth-order valence-electron chi connectivity index (χ4n) is 4.51. The predicted molar refractivity (Wildman–Crippen MR) is 146 cm³/mol. The van der Waals surface area contributed by atoms with Crippen molar-refractivity contribution in [2.45, 2.75) is 39.7 Å². The van der Waals surface area contributed by atoms with E-state index in [-0.39, 0.29) is 33.5 Å². The monoisotopic (exact) mass is 545 g/mol. The van der Waals surface area contributed by atoms with E-state index in [0.717, 1.165) is 12.1 Å². The Bertz CT molecular complexity index is 1810. The first-order valence-corrected chi connectivity index (χ1v) is 12.4. The molecule has 0 atom stereocenters. The molecule has 0 aliphatic carbocycles. The number of aromatic nitrogens is 4. The summed E-state index contributed by atoms with van der Waals surface area (Å²) in [5.41, 5.74) is 0.931. The number of imidazole rings is 1. The average molecular weight is 546 g/mol. The van der Waals surface area contributed by atoms with E-state index in [1.165, 1.54) is 24.5 Å². The predicted octanol–water partition coefficient (Wildman–Crippen LogP) is 6.52. The summed E-state index contributed by atoms with van der Waals surface area (Å²) in [6.07, 6.45) is 2.52. The van der Waals surface area contributed by atoms with Gasteiger partial charge >= 0.3 is 12.1 Å². The van der Waals surface area contributed by atoms with Gasteiger partial charge in [-0.3, -0.25) is 14.9 Å². The first-order valence-electron chi connectivity index (χ1n) is 12.4. The maximum atomic E-state index is 15.1. The van der Waals surface area contributed by atoms with Crippen LogP contribution in [0.15, 0.2) is 54.9 Å². The van der Waals surface area contributed by atoms with Crippen LogP contribution in [-0.2, 0) is 11.2 Å². The number of carbonyl (C=O) groups excluding carboxylic acids is 1. The number of anilines is 1. The zero-order valence-corrected chi connectivity index (χ0v) is 22.1. The highest BCUT2D eigenvalue weighted by Gasteiger charge is 2.23. The van der Waals surface area contributed by atoms with Gasteiger partial charge in [0.2, 0.25) is 0 Å². The fraction of sp³-hybridized carbons (Fsp3) is 0.207. The summed E-state index contributed by atoms with van der Waals surface area (Å²) >= 11 is 0. The van der Waals surface area contributed by atoms with Crippen LogP contribution in [0.2, 0.25) is 0 Å². The Morgan fingerprint density at radius 2 is 1.70 bits per heavy atom. The Kier molecular flexibility index (Phi) is 6.66. The standard InChI is InChI=1S/C29H25F2N5O4/c1-5-23-35-25-17(27(37)38)12-16(15-8-10-32-22(14-15)34-28(39)40-29(2,3)4)13-21(25)36(23)20-9-11-33-26-19(31)7-6-18(30)24(20)26/h6-14H,5H2,1-4H3,(H,37,38)(H,32,34,39). The number of aromatic carboxylic acids is 1. The number of fused-ring (bicyclic) bond motifs is 2. The summed E-state index contributed by atoms with van der Waals surface area (Å²) in [7, 11) is 0. The molecule has 5 rings (SSSR count). The zero-order valence-electron chi connectivity index (χ0n) is 22.1. The quantitative estimate of drug-likeness (QED) is 0.258. The molecule has 0 saturated heterocycles. The van der Waals surface area contributed by atoms with E-state index in [4.69, 9.17) is 4.74 Å². The number of carbonyl (C=O) groups is 2. The molecule has 2 N–H and O–H groups in total. The molecule has 0 radical (unpaired) electrons. The van der Waals surface area contributed by atoms with Crippen LogP contribution < -0.4 is 5.32 Å². The van der Waals surface area contributed by atoms with Gasteiger partial charge in [-0.15, -0.1) is 0 Å². The van der Waals surface area contributed by atoms with Gasteiger partial charge in [0, 0.05) is 18.8 Å². The topological polar surface area (TPSA) is 119 Å². The molecule has 5 aromatic rings. The molecule has 0 unspecified atom stereocenters. The summed E-state index contributed by atoms with van der Waals surface area (Å²) in [6.45, 7) is 7.04. The maximum absolute atomic E-state index is 15.1. The lowest BCUT2D eigenvalue weighted by molar-refractivity contribution is 0.0633. The Morgan fingerprint density at radius 1 is 0.975 bits per heavy atom. The molecule has 2 aromatic carbocycles. The van der Waals surface area contributed by atoms with Gasteiger partial charge in [0.25, 0.3) is 0 Å². The highest BCUT2D eigenvalue weighted by Crippen LogP contribution is 2.34. The van der Waals surface area contributed by atoms with Gasteiger partial charge in [0.15, 0.2) is 0 Å². The molecule has 9 nitrogen and oxygen atoms in total. The van der Waals surface area contributed by atoms with E-state index < -0.39 is 29.3 Å². The number of nitrogens with one attached hydrogen (secondary N) is 1. The highest BCUT2D eigenvalue weighted by molar-refractivity contribution is 6.04. The van der Waals surface area contributed by atoms with E-state index in [1.54, 1.807) is 43.5 Å². The number of amides is 1. The van der Waals surface area contributed by atoms with Gasteiger partial charge in [0.1, 0.15) is 39.9 Å². The van der Waals surface area contributed by atoms with Gasteiger partial charge in [-0.2, -0.15) is 0 Å². The summed E-state index contributed by atoms with van der Waals surface area (Å²) in [4.78, 5) is 37.4. The fourth-order valence-corrected chi connectivity index (χ4v) is 4.51. The van der Waals surface area contributed by atoms with Crippen molar-refractivity contribution in [3.63, 3.8) is 0 Å². The van der Waals surface area contributed by atoms with Gasteiger partial charge in [0.05, 0.1) is 22.2 Å². The lowest BCUT2D eigenvalue weighted by atomic mass is 10.0. The SMILES string of the molecule is CCc1nc2c(C(=O)O)cc(-c3ccnc(NC(=O)OC(C)(C)C)c3)cc2n1-c1ccnc2c(F)ccc(F)c12. The number of aryl methyl sites for hydroxylation is 1. The summed E-state index contributed by atoms with van der Waals surface area (Å²) in [5, 5.41) is 12.6. The normalized spacial score (nSPS) is 11.7. The summed E-state index contributed by atoms with van der Waals surface area (Å²) in [6, 6.07) is 9.99. The number of carboxylic acids is 1. The first-order chi connectivity index (χ1) is 19.0. The number of nitrogens with zero attached hydrogens (tertiary/aromatic N) is 4. The molecule has 0 aliphatic heterocycles. The molecule has 204 valence electrons. The van der Waals surface area contributed by atoms with Crippen LogP contribution in [0.3, 0.4) is 0 Å². The Hall–Kier alpha value is -4.93. The second-order valence-electron chi connectivity index (χ2n) is 10.1. The number of rotatable bonds is 5. The van der Waals surface area contributed by atoms with E-state index in [9.17, 15) is 19.1 Å². The van der Waals surface area contributed by atoms with Crippen molar-refractivity contribution in [1.29, 1.82) is 0 Å². The number of halogens is 2. The third-order valence-electron chi connectivity index (χ3n) is 6.11. The second kappa shape index (κ2) is 9.99. The van der Waals surface area contributed by atoms with Crippen molar-refractivity contribution in [3.8, 4) is 16.8 Å². The molecule has 0 aliphatic rings. The summed E-state index contributed by atoms with van der Waals surface area (Å²) < 4.78 is 36.6. The Morgan fingerprint density at radius 3 is 2.40 bits per heavy atom. The Labute approximate surface area is 227 Å². The molecular formula is C29H25F2N5O4. The largest absolute Gasteiger partial charge is 0.478 e. The zero-order chi connectivity index (χ0) is 28.8. The third kappa shape index (κ3) is 4.93. The van der Waals surface area contributed by atoms with Crippen molar-refractivity contribution in [2.24, 2.45) is 0 Å². The number of carboxylic acid groups (broad SMARTS) is 1. The first kappa shape index (κ1) is 26.7. The van der Waals surface area contributed by atoms with Gasteiger partial charge in [-0.05, 0) is 74.4 Å².